The van der Waals surface area contributed by atoms with Crippen molar-refractivity contribution < 1.29 is 14.3 Å². The monoisotopic (exact) mass is 274 g/mol. The van der Waals surface area contributed by atoms with Gasteiger partial charge in [0.1, 0.15) is 5.75 Å². The van der Waals surface area contributed by atoms with E-state index in [1.165, 1.54) is 18.0 Å². The fourth-order valence-corrected chi connectivity index (χ4v) is 1.58. The van der Waals surface area contributed by atoms with Crippen molar-refractivity contribution in [2.75, 3.05) is 7.11 Å². The predicted octanol–water partition coefficient (Wildman–Crippen LogP) is 0.999. The maximum Gasteiger partial charge on any atom is 0.358 e. The molecule has 7 heteroatoms. The lowest BCUT2D eigenvalue weighted by Gasteiger charge is -2.08. The van der Waals surface area contributed by atoms with Crippen LogP contribution in [-0.2, 0) is 11.5 Å². The average Bonchev–Trinajstić information content (AvgIpc) is 2.95. The van der Waals surface area contributed by atoms with Crippen LogP contribution in [0.1, 0.15) is 16.1 Å². The number of nitrogens with zero attached hydrogens (tertiary/aromatic N) is 3. The highest BCUT2D eigenvalue weighted by molar-refractivity contribution is 5.86. The molecule has 2 N–H and O–H groups in total. The lowest BCUT2D eigenvalue weighted by atomic mass is 10.2. The van der Waals surface area contributed by atoms with Gasteiger partial charge in [-0.05, 0) is 18.2 Å². The third kappa shape index (κ3) is 3.14. The first-order valence-corrected chi connectivity index (χ1v) is 5.81. The van der Waals surface area contributed by atoms with Crippen LogP contribution in [-0.4, -0.2) is 29.1 Å². The van der Waals surface area contributed by atoms with Gasteiger partial charge in [-0.1, -0.05) is 12.1 Å². The molecule has 104 valence electrons. The quantitative estimate of drug-likeness (QED) is 0.380. The van der Waals surface area contributed by atoms with Gasteiger partial charge in [-0.3, -0.25) is 0 Å². The summed E-state index contributed by atoms with van der Waals surface area (Å²) in [5.41, 5.74) is 0.989. The molecule has 1 aromatic heterocycles. The highest BCUT2D eigenvalue weighted by atomic mass is 16.5. The number of carbonyl (C=O) groups excluding carboxylic acids is 1. The summed E-state index contributed by atoms with van der Waals surface area (Å²) in [7, 11) is 1.31. The van der Waals surface area contributed by atoms with E-state index < -0.39 is 5.97 Å². The predicted molar refractivity (Wildman–Crippen MR) is 72.4 cm³/mol. The Hall–Kier alpha value is -2.83. The number of methoxy groups -OCH3 is 1. The van der Waals surface area contributed by atoms with Crippen molar-refractivity contribution in [3.05, 3.63) is 47.8 Å². The molecular formula is C13H14N4O3. The Morgan fingerprint density at radius 3 is 3.00 bits per heavy atom. The van der Waals surface area contributed by atoms with Gasteiger partial charge in [-0.25, -0.2) is 9.48 Å². The van der Waals surface area contributed by atoms with Crippen molar-refractivity contribution >= 4 is 12.2 Å². The summed E-state index contributed by atoms with van der Waals surface area (Å²) in [6.07, 6.45) is 3.13. The maximum absolute atomic E-state index is 11.3. The summed E-state index contributed by atoms with van der Waals surface area (Å²) >= 11 is 0. The topological polar surface area (TPSA) is 91.7 Å². The van der Waals surface area contributed by atoms with E-state index in [0.717, 1.165) is 5.56 Å². The number of aromatic nitrogens is 2. The molecule has 0 unspecified atom stereocenters. The number of para-hydroxylation sites is 1. The lowest BCUT2D eigenvalue weighted by molar-refractivity contribution is 0.0592. The van der Waals surface area contributed by atoms with Gasteiger partial charge in [-0.2, -0.15) is 10.2 Å². The Balaban J connectivity index is 2.05. The van der Waals surface area contributed by atoms with Crippen molar-refractivity contribution in [3.8, 4) is 5.75 Å². The molecule has 0 saturated heterocycles. The first kappa shape index (κ1) is 13.6. The molecule has 2 rings (SSSR count). The van der Waals surface area contributed by atoms with Gasteiger partial charge in [0.25, 0.3) is 0 Å². The molecule has 0 fully saturated rings. The number of esters is 1. The maximum atomic E-state index is 11.3. The molecule has 0 amide bonds. The van der Waals surface area contributed by atoms with Crippen LogP contribution in [0.15, 0.2) is 41.6 Å². The molecule has 20 heavy (non-hydrogen) atoms. The minimum absolute atomic E-state index is 0.159. The molecule has 0 bridgehead atoms. The third-order valence-corrected chi connectivity index (χ3v) is 2.52. The number of carbonyl (C=O) groups is 1. The zero-order valence-corrected chi connectivity index (χ0v) is 10.9. The van der Waals surface area contributed by atoms with Crippen LogP contribution in [0.25, 0.3) is 0 Å². The Morgan fingerprint density at radius 1 is 1.45 bits per heavy atom. The number of hydrogen-bond donors (Lipinski definition) is 1. The summed E-state index contributed by atoms with van der Waals surface area (Å²) in [4.78, 5) is 11.3. The van der Waals surface area contributed by atoms with Gasteiger partial charge < -0.3 is 15.3 Å². The Morgan fingerprint density at radius 2 is 2.25 bits per heavy atom. The lowest BCUT2D eigenvalue weighted by Crippen LogP contribution is -2.09. The van der Waals surface area contributed by atoms with Crippen LogP contribution >= 0.6 is 0 Å². The van der Waals surface area contributed by atoms with Crippen LogP contribution in [0.4, 0.5) is 0 Å². The van der Waals surface area contributed by atoms with E-state index in [0.29, 0.717) is 5.75 Å². The first-order valence-electron chi connectivity index (χ1n) is 5.81. The van der Waals surface area contributed by atoms with Crippen molar-refractivity contribution in [1.82, 2.24) is 9.78 Å². The number of hydrogen-bond acceptors (Lipinski definition) is 6. The van der Waals surface area contributed by atoms with Crippen molar-refractivity contribution in [2.45, 2.75) is 6.73 Å². The molecular weight excluding hydrogens is 260 g/mol. The van der Waals surface area contributed by atoms with E-state index in [1.807, 2.05) is 18.2 Å². The fourth-order valence-electron chi connectivity index (χ4n) is 1.58. The van der Waals surface area contributed by atoms with E-state index in [1.54, 1.807) is 18.3 Å². The van der Waals surface area contributed by atoms with E-state index in [-0.39, 0.29) is 12.4 Å². The normalized spacial score (nSPS) is 10.7. The van der Waals surface area contributed by atoms with E-state index in [9.17, 15) is 4.79 Å². The molecule has 7 nitrogen and oxygen atoms in total. The van der Waals surface area contributed by atoms with Crippen LogP contribution in [0.3, 0.4) is 0 Å². The number of benzene rings is 1. The average molecular weight is 274 g/mol. The molecule has 0 spiro atoms. The van der Waals surface area contributed by atoms with Gasteiger partial charge in [0.2, 0.25) is 0 Å². The van der Waals surface area contributed by atoms with Gasteiger partial charge in [0.15, 0.2) is 12.4 Å². The Bertz CT molecular complexity index is 622. The van der Waals surface area contributed by atoms with Crippen LogP contribution in [0.5, 0.6) is 5.75 Å². The second-order valence-electron chi connectivity index (χ2n) is 3.82. The third-order valence-electron chi connectivity index (χ3n) is 2.52. The minimum Gasteiger partial charge on any atom is -0.471 e. The van der Waals surface area contributed by atoms with E-state index >= 15 is 0 Å². The molecule has 0 radical (unpaired) electrons. The largest absolute Gasteiger partial charge is 0.471 e. The number of ether oxygens (including phenoxy) is 2. The molecule has 0 aliphatic carbocycles. The van der Waals surface area contributed by atoms with Gasteiger partial charge in [0, 0.05) is 11.8 Å². The standard InChI is InChI=1S/C13H14N4O3/c1-19-13(18)11-6-7-17(16-11)9-20-12-5-3-2-4-10(12)8-15-14/h2-8H,9,14H2,1H3. The Kier molecular flexibility index (Phi) is 4.33. The van der Waals surface area contributed by atoms with Gasteiger partial charge in [-0.15, -0.1) is 0 Å². The summed E-state index contributed by atoms with van der Waals surface area (Å²) < 4.78 is 11.7. The molecule has 0 aliphatic heterocycles. The molecule has 1 heterocycles. The minimum atomic E-state index is -0.487. The highest BCUT2D eigenvalue weighted by Crippen LogP contribution is 2.16. The molecule has 1 aromatic carbocycles. The summed E-state index contributed by atoms with van der Waals surface area (Å²) in [6.45, 7) is 0.159. The second-order valence-corrected chi connectivity index (χ2v) is 3.82. The fraction of sp³-hybridized carbons (Fsp3) is 0.154. The van der Waals surface area contributed by atoms with Crippen LogP contribution in [0.2, 0.25) is 0 Å². The smallest absolute Gasteiger partial charge is 0.358 e. The summed E-state index contributed by atoms with van der Waals surface area (Å²) in [6, 6.07) is 8.87. The zero-order chi connectivity index (χ0) is 14.4. The van der Waals surface area contributed by atoms with Crippen LogP contribution in [0, 0.1) is 0 Å². The van der Waals surface area contributed by atoms with Crippen molar-refractivity contribution in [2.24, 2.45) is 10.9 Å². The zero-order valence-electron chi connectivity index (χ0n) is 10.9. The van der Waals surface area contributed by atoms with Crippen molar-refractivity contribution in [1.29, 1.82) is 0 Å². The summed E-state index contributed by atoms with van der Waals surface area (Å²) in [5.74, 6) is 5.27. The molecule has 0 atom stereocenters. The number of hydrazone groups is 1. The Labute approximate surface area is 115 Å². The van der Waals surface area contributed by atoms with E-state index in [4.69, 9.17) is 10.6 Å². The molecule has 2 aromatic rings. The van der Waals surface area contributed by atoms with Crippen LogP contribution < -0.4 is 10.6 Å². The number of rotatable bonds is 5. The SMILES string of the molecule is COC(=O)c1ccn(COc2ccccc2C=NN)n1. The van der Waals surface area contributed by atoms with E-state index in [2.05, 4.69) is 14.9 Å². The van der Waals surface area contributed by atoms with Gasteiger partial charge in [0.05, 0.1) is 13.3 Å². The van der Waals surface area contributed by atoms with Crippen molar-refractivity contribution in [3.63, 3.8) is 0 Å². The summed E-state index contributed by atoms with van der Waals surface area (Å²) in [5, 5.41) is 7.50. The van der Waals surface area contributed by atoms with Gasteiger partial charge >= 0.3 is 5.97 Å². The number of nitrogens with two attached hydrogens (primary N) is 1. The first-order chi connectivity index (χ1) is 9.74. The molecule has 0 aliphatic rings. The second kappa shape index (κ2) is 6.37. The highest BCUT2D eigenvalue weighted by Gasteiger charge is 2.09. The molecule has 0 saturated carbocycles.